The summed E-state index contributed by atoms with van der Waals surface area (Å²) in [5.41, 5.74) is 0. The van der Waals surface area contributed by atoms with Crippen molar-refractivity contribution < 1.29 is 19.7 Å². The van der Waals surface area contributed by atoms with Crippen molar-refractivity contribution in [1.82, 2.24) is 5.32 Å². The summed E-state index contributed by atoms with van der Waals surface area (Å²) in [6.45, 7) is 2.43. The van der Waals surface area contributed by atoms with E-state index >= 15 is 0 Å². The third kappa shape index (κ3) is 2.44. The molecule has 0 amide bonds. The normalized spacial score (nSPS) is 29.8. The van der Waals surface area contributed by atoms with E-state index in [0.717, 1.165) is 0 Å². The summed E-state index contributed by atoms with van der Waals surface area (Å²) >= 11 is 0. The molecule has 12 heavy (non-hydrogen) atoms. The summed E-state index contributed by atoms with van der Waals surface area (Å²) in [5, 5.41) is 20.2. The van der Waals surface area contributed by atoms with Gasteiger partial charge in [-0.1, -0.05) is 6.92 Å². The first kappa shape index (κ1) is 9.44. The third-order valence-corrected chi connectivity index (χ3v) is 1.77. The van der Waals surface area contributed by atoms with Gasteiger partial charge in [-0.3, -0.25) is 4.79 Å². The summed E-state index contributed by atoms with van der Waals surface area (Å²) in [5.74, 6) is -0.903. The highest BCUT2D eigenvalue weighted by Gasteiger charge is 2.40. The Morgan fingerprint density at radius 1 is 1.75 bits per heavy atom. The maximum Gasteiger partial charge on any atom is 0.320 e. The molecule has 0 saturated carbocycles. The quantitative estimate of drug-likeness (QED) is 0.474. The fourth-order valence-corrected chi connectivity index (χ4v) is 1.06. The molecule has 5 nitrogen and oxygen atoms in total. The zero-order valence-corrected chi connectivity index (χ0v) is 6.86. The van der Waals surface area contributed by atoms with E-state index < -0.39 is 18.3 Å². The molecule has 3 N–H and O–H groups in total. The molecule has 1 aliphatic heterocycles. The van der Waals surface area contributed by atoms with Crippen LogP contribution in [0.5, 0.6) is 0 Å². The van der Waals surface area contributed by atoms with Gasteiger partial charge in [-0.25, -0.2) is 0 Å². The number of rotatable bonds is 5. The minimum atomic E-state index is -0.903. The number of epoxide rings is 1. The number of aliphatic hydroxyl groups excluding tert-OH is 1. The first-order chi connectivity index (χ1) is 5.65. The second-order valence-corrected chi connectivity index (χ2v) is 2.75. The monoisotopic (exact) mass is 175 g/mol. The highest BCUT2D eigenvalue weighted by molar-refractivity contribution is 5.73. The van der Waals surface area contributed by atoms with Gasteiger partial charge in [-0.05, 0) is 6.54 Å². The fourth-order valence-electron chi connectivity index (χ4n) is 1.06. The number of hydrogen-bond donors (Lipinski definition) is 3. The molecule has 3 unspecified atom stereocenters. The molecule has 70 valence electrons. The Hall–Kier alpha value is -0.650. The van der Waals surface area contributed by atoms with Crippen molar-refractivity contribution >= 4 is 5.97 Å². The van der Waals surface area contributed by atoms with Gasteiger partial charge in [0.25, 0.3) is 0 Å². The highest BCUT2D eigenvalue weighted by atomic mass is 16.7. The molecule has 3 atom stereocenters. The molecule has 0 aromatic rings. The van der Waals surface area contributed by atoms with Gasteiger partial charge in [0.05, 0.1) is 0 Å². The van der Waals surface area contributed by atoms with Crippen LogP contribution in [0, 0.1) is 0 Å². The minimum Gasteiger partial charge on any atom is -0.480 e. The second kappa shape index (κ2) is 3.84. The van der Waals surface area contributed by atoms with E-state index in [2.05, 4.69) is 5.32 Å². The van der Waals surface area contributed by atoms with Crippen molar-refractivity contribution in [3.8, 4) is 0 Å². The predicted octanol–water partition coefficient (Wildman–Crippen LogP) is -0.844. The summed E-state index contributed by atoms with van der Waals surface area (Å²) in [4.78, 5) is 10.6. The zero-order chi connectivity index (χ0) is 9.14. The van der Waals surface area contributed by atoms with Crippen molar-refractivity contribution in [2.75, 3.05) is 6.54 Å². The van der Waals surface area contributed by atoms with Crippen LogP contribution in [0.25, 0.3) is 0 Å². The maximum atomic E-state index is 10.6. The number of aliphatic carboxylic acids is 1. The van der Waals surface area contributed by atoms with Crippen LogP contribution in [0.2, 0.25) is 0 Å². The van der Waals surface area contributed by atoms with E-state index in [1.54, 1.807) is 0 Å². The van der Waals surface area contributed by atoms with Gasteiger partial charge in [0, 0.05) is 6.42 Å². The van der Waals surface area contributed by atoms with Gasteiger partial charge < -0.3 is 20.3 Å². The molecular formula is C7H13NO4. The van der Waals surface area contributed by atoms with Crippen LogP contribution in [0.3, 0.4) is 0 Å². The topological polar surface area (TPSA) is 82.1 Å². The Morgan fingerprint density at radius 2 is 2.33 bits per heavy atom. The van der Waals surface area contributed by atoms with Crippen molar-refractivity contribution in [3.05, 3.63) is 0 Å². The smallest absolute Gasteiger partial charge is 0.320 e. The van der Waals surface area contributed by atoms with Gasteiger partial charge in [0.15, 0.2) is 6.29 Å². The van der Waals surface area contributed by atoms with Crippen LogP contribution in [-0.4, -0.2) is 41.2 Å². The molecule has 0 bridgehead atoms. The van der Waals surface area contributed by atoms with Crippen LogP contribution in [0.15, 0.2) is 0 Å². The fraction of sp³-hybridized carbons (Fsp3) is 0.857. The molecule has 1 fully saturated rings. The van der Waals surface area contributed by atoms with Crippen LogP contribution in [0.4, 0.5) is 0 Å². The third-order valence-electron chi connectivity index (χ3n) is 1.77. The van der Waals surface area contributed by atoms with E-state index in [-0.39, 0.29) is 6.10 Å². The number of ether oxygens (including phenoxy) is 1. The van der Waals surface area contributed by atoms with E-state index in [4.69, 9.17) is 14.9 Å². The van der Waals surface area contributed by atoms with Crippen molar-refractivity contribution in [3.63, 3.8) is 0 Å². The van der Waals surface area contributed by atoms with Crippen LogP contribution in [0.1, 0.15) is 13.3 Å². The van der Waals surface area contributed by atoms with E-state index in [9.17, 15) is 4.79 Å². The Balaban J connectivity index is 2.28. The van der Waals surface area contributed by atoms with Gasteiger partial charge in [-0.2, -0.15) is 0 Å². The summed E-state index contributed by atoms with van der Waals surface area (Å²) in [6.07, 6.45) is -0.736. The average Bonchev–Trinajstić information content (AvgIpc) is 2.65. The summed E-state index contributed by atoms with van der Waals surface area (Å²) < 4.78 is 4.70. The lowest BCUT2D eigenvalue weighted by atomic mass is 10.1. The number of nitrogens with one attached hydrogen (secondary N) is 1. The van der Waals surface area contributed by atoms with Gasteiger partial charge in [0.1, 0.15) is 12.1 Å². The van der Waals surface area contributed by atoms with Gasteiger partial charge in [0.2, 0.25) is 0 Å². The van der Waals surface area contributed by atoms with Crippen molar-refractivity contribution in [2.24, 2.45) is 0 Å². The number of carboxylic acids is 1. The van der Waals surface area contributed by atoms with Crippen molar-refractivity contribution in [2.45, 2.75) is 31.8 Å². The zero-order valence-electron chi connectivity index (χ0n) is 6.86. The van der Waals surface area contributed by atoms with Gasteiger partial charge in [-0.15, -0.1) is 0 Å². The molecule has 1 aliphatic rings. The van der Waals surface area contributed by atoms with Crippen molar-refractivity contribution in [1.29, 1.82) is 0 Å². The minimum absolute atomic E-state index is 0.301. The molecule has 0 aliphatic carbocycles. The second-order valence-electron chi connectivity index (χ2n) is 2.75. The summed E-state index contributed by atoms with van der Waals surface area (Å²) in [6, 6.07) is -0.614. The molecule has 1 saturated heterocycles. The Labute approximate surface area is 70.3 Å². The van der Waals surface area contributed by atoms with Gasteiger partial charge >= 0.3 is 5.97 Å². The Morgan fingerprint density at radius 3 is 2.67 bits per heavy atom. The average molecular weight is 175 g/mol. The molecule has 1 heterocycles. The molecule has 5 heteroatoms. The molecule has 1 rings (SSSR count). The number of hydrogen-bond acceptors (Lipinski definition) is 4. The summed E-state index contributed by atoms with van der Waals surface area (Å²) in [7, 11) is 0. The number of aliphatic hydroxyl groups is 1. The predicted molar refractivity (Wildman–Crippen MR) is 40.6 cm³/mol. The largest absolute Gasteiger partial charge is 0.480 e. The number of likely N-dealkylation sites (N-methyl/N-ethyl adjacent to an activating group) is 1. The molecule has 0 aromatic heterocycles. The van der Waals surface area contributed by atoms with Crippen LogP contribution >= 0.6 is 0 Å². The SMILES string of the molecule is CCNC(CC1OC1O)C(=O)O. The first-order valence-electron chi connectivity index (χ1n) is 3.95. The molecule has 0 aromatic carbocycles. The number of carboxylic acid groups (broad SMARTS) is 1. The lowest BCUT2D eigenvalue weighted by Crippen LogP contribution is -2.37. The van der Waals surface area contributed by atoms with E-state index in [1.807, 2.05) is 6.92 Å². The lowest BCUT2D eigenvalue weighted by Gasteiger charge is -2.10. The van der Waals surface area contributed by atoms with E-state index in [0.29, 0.717) is 13.0 Å². The first-order valence-corrected chi connectivity index (χ1v) is 3.95. The van der Waals surface area contributed by atoms with E-state index in [1.165, 1.54) is 0 Å². The highest BCUT2D eigenvalue weighted by Crippen LogP contribution is 2.23. The molecule has 0 radical (unpaired) electrons. The molecular weight excluding hydrogens is 162 g/mol. The Bertz CT molecular complexity index is 173. The standard InChI is InChI=1S/C7H13NO4/c1-2-8-4(6(9)10)3-5-7(11)12-5/h4-5,7-8,11H,2-3H2,1H3,(H,9,10). The maximum absolute atomic E-state index is 10.6. The Kier molecular flexibility index (Phi) is 3.02. The molecule has 0 spiro atoms. The number of carbonyl (C=O) groups is 1. The lowest BCUT2D eigenvalue weighted by molar-refractivity contribution is -0.139. The van der Waals surface area contributed by atoms with Crippen LogP contribution < -0.4 is 5.32 Å². The van der Waals surface area contributed by atoms with Crippen LogP contribution in [-0.2, 0) is 9.53 Å².